The Morgan fingerprint density at radius 3 is 2.63 bits per heavy atom. The predicted molar refractivity (Wildman–Crippen MR) is 78.6 cm³/mol. The first-order valence-corrected chi connectivity index (χ1v) is 7.53. The van der Waals surface area contributed by atoms with Gasteiger partial charge in [-0.3, -0.25) is 0 Å². The minimum absolute atomic E-state index is 0.0420. The third-order valence-electron chi connectivity index (χ3n) is 2.31. The van der Waals surface area contributed by atoms with Gasteiger partial charge in [-0.05, 0) is 13.0 Å². The average molecular weight is 303 g/mol. The van der Waals surface area contributed by atoms with Gasteiger partial charge in [0.1, 0.15) is 10.7 Å². The van der Waals surface area contributed by atoms with Crippen LogP contribution in [0.2, 0.25) is 0 Å². The highest BCUT2D eigenvalue weighted by Crippen LogP contribution is 2.05. The molecule has 0 saturated carbocycles. The zero-order valence-electron chi connectivity index (χ0n) is 11.0. The van der Waals surface area contributed by atoms with Crippen molar-refractivity contribution in [2.75, 3.05) is 31.7 Å². The molecule has 1 heterocycles. The van der Waals surface area contributed by atoms with Crippen LogP contribution in [-0.2, 0) is 10.0 Å². The molecule has 0 saturated heterocycles. The van der Waals surface area contributed by atoms with Crippen LogP contribution >= 0.6 is 12.2 Å². The fourth-order valence-corrected chi connectivity index (χ4v) is 2.08. The fourth-order valence-electron chi connectivity index (χ4n) is 1.25. The van der Waals surface area contributed by atoms with Gasteiger partial charge in [-0.25, -0.2) is 22.7 Å². The molecule has 0 aliphatic rings. The molecule has 0 amide bonds. The molecule has 1 rings (SSSR count). The summed E-state index contributed by atoms with van der Waals surface area (Å²) in [5.74, 6) is 0.274. The summed E-state index contributed by atoms with van der Waals surface area (Å²) >= 11 is 4.84. The first-order chi connectivity index (χ1) is 8.72. The molecule has 0 radical (unpaired) electrons. The summed E-state index contributed by atoms with van der Waals surface area (Å²) in [6, 6.07) is 1.67. The van der Waals surface area contributed by atoms with Crippen molar-refractivity contribution in [2.24, 2.45) is 5.73 Å². The van der Waals surface area contributed by atoms with Gasteiger partial charge in [-0.2, -0.15) is 0 Å². The number of thiocarbonyl (C=S) groups is 1. The number of rotatable bonds is 6. The Hall–Kier alpha value is -1.32. The van der Waals surface area contributed by atoms with Crippen LogP contribution in [0.5, 0.6) is 0 Å². The minimum atomic E-state index is -3.24. The summed E-state index contributed by atoms with van der Waals surface area (Å²) in [6.07, 6.45) is 0. The van der Waals surface area contributed by atoms with Crippen LogP contribution in [0.1, 0.15) is 11.4 Å². The van der Waals surface area contributed by atoms with Gasteiger partial charge >= 0.3 is 0 Å². The summed E-state index contributed by atoms with van der Waals surface area (Å²) in [5.41, 5.74) is 6.66. The smallest absolute Gasteiger partial charge is 0.223 e. The fraction of sp³-hybridized carbons (Fsp3) is 0.500. The second-order valence-electron chi connectivity index (χ2n) is 4.11. The van der Waals surface area contributed by atoms with Crippen molar-refractivity contribution in [2.45, 2.75) is 6.92 Å². The Morgan fingerprint density at radius 1 is 1.47 bits per heavy atom. The molecule has 9 heteroatoms. The van der Waals surface area contributed by atoms with E-state index < -0.39 is 10.0 Å². The molecule has 0 aliphatic heterocycles. The standard InChI is InChI=1S/C10H17N5O2S2/c1-7-6-8(9(11)18)14-10(13-7)12-4-5-19(16,17)15(2)3/h6H,4-5H2,1-3H3,(H2,11,18)(H,12,13,14). The molecule has 1 aromatic heterocycles. The Morgan fingerprint density at radius 2 is 2.11 bits per heavy atom. The first kappa shape index (κ1) is 15.7. The van der Waals surface area contributed by atoms with Crippen molar-refractivity contribution < 1.29 is 8.42 Å². The minimum Gasteiger partial charge on any atom is -0.388 e. The van der Waals surface area contributed by atoms with Crippen molar-refractivity contribution in [3.8, 4) is 0 Å². The molecule has 0 atom stereocenters. The maximum atomic E-state index is 11.6. The number of anilines is 1. The molecule has 1 aromatic rings. The molecular formula is C10H17N5O2S2. The Kier molecular flexibility index (Phi) is 5.15. The van der Waals surface area contributed by atoms with E-state index in [9.17, 15) is 8.42 Å². The van der Waals surface area contributed by atoms with E-state index in [0.29, 0.717) is 17.3 Å². The van der Waals surface area contributed by atoms with E-state index in [4.69, 9.17) is 18.0 Å². The van der Waals surface area contributed by atoms with Crippen LogP contribution in [-0.4, -0.2) is 54.1 Å². The Labute approximate surface area is 118 Å². The zero-order chi connectivity index (χ0) is 14.6. The molecule has 3 N–H and O–H groups in total. The van der Waals surface area contributed by atoms with Crippen molar-refractivity contribution in [3.05, 3.63) is 17.5 Å². The maximum absolute atomic E-state index is 11.6. The van der Waals surface area contributed by atoms with Crippen LogP contribution in [0.15, 0.2) is 6.07 Å². The molecule has 7 nitrogen and oxygen atoms in total. The Bertz CT molecular complexity index is 571. The molecule has 106 valence electrons. The number of sulfonamides is 1. The van der Waals surface area contributed by atoms with E-state index >= 15 is 0 Å². The lowest BCUT2D eigenvalue weighted by Gasteiger charge is -2.12. The van der Waals surface area contributed by atoms with Gasteiger partial charge in [0.25, 0.3) is 0 Å². The van der Waals surface area contributed by atoms with E-state index in [2.05, 4.69) is 15.3 Å². The molecule has 0 aliphatic carbocycles. The van der Waals surface area contributed by atoms with Gasteiger partial charge in [0.2, 0.25) is 16.0 Å². The molecule has 0 fully saturated rings. The lowest BCUT2D eigenvalue weighted by atomic mass is 10.3. The van der Waals surface area contributed by atoms with Gasteiger partial charge in [-0.15, -0.1) is 0 Å². The summed E-state index contributed by atoms with van der Waals surface area (Å²) in [5, 5.41) is 2.85. The van der Waals surface area contributed by atoms with Gasteiger partial charge in [-0.1, -0.05) is 12.2 Å². The average Bonchev–Trinajstić information content (AvgIpc) is 2.27. The van der Waals surface area contributed by atoms with Crippen LogP contribution in [0.25, 0.3) is 0 Å². The SMILES string of the molecule is Cc1cc(C(N)=S)nc(NCCS(=O)(=O)N(C)C)n1. The number of hydrogen-bond donors (Lipinski definition) is 2. The molecular weight excluding hydrogens is 286 g/mol. The molecule has 0 spiro atoms. The van der Waals surface area contributed by atoms with Crippen molar-refractivity contribution in [1.29, 1.82) is 0 Å². The highest BCUT2D eigenvalue weighted by atomic mass is 32.2. The van der Waals surface area contributed by atoms with Crippen molar-refractivity contribution in [3.63, 3.8) is 0 Å². The van der Waals surface area contributed by atoms with Gasteiger partial charge < -0.3 is 11.1 Å². The predicted octanol–water partition coefficient (Wildman–Crippen LogP) is -0.277. The maximum Gasteiger partial charge on any atom is 0.223 e. The molecule has 0 aromatic carbocycles. The Balaban J connectivity index is 2.71. The quantitative estimate of drug-likeness (QED) is 0.697. The van der Waals surface area contributed by atoms with Gasteiger partial charge in [0, 0.05) is 26.3 Å². The number of aromatic nitrogens is 2. The molecule has 0 unspecified atom stereocenters. The normalized spacial score (nSPS) is 11.6. The van der Waals surface area contributed by atoms with E-state index in [1.807, 2.05) is 0 Å². The first-order valence-electron chi connectivity index (χ1n) is 5.52. The second-order valence-corrected chi connectivity index (χ2v) is 6.85. The molecule has 0 bridgehead atoms. The molecule has 19 heavy (non-hydrogen) atoms. The van der Waals surface area contributed by atoms with Gasteiger partial charge in [0.15, 0.2) is 0 Å². The summed E-state index contributed by atoms with van der Waals surface area (Å²) in [6.45, 7) is 1.99. The lowest BCUT2D eigenvalue weighted by Crippen LogP contribution is -2.28. The number of nitrogens with zero attached hydrogens (tertiary/aromatic N) is 3. The zero-order valence-corrected chi connectivity index (χ0v) is 12.7. The largest absolute Gasteiger partial charge is 0.388 e. The van der Waals surface area contributed by atoms with Crippen LogP contribution in [0, 0.1) is 6.92 Å². The number of hydrogen-bond acceptors (Lipinski definition) is 6. The third kappa shape index (κ3) is 4.69. The summed E-state index contributed by atoms with van der Waals surface area (Å²) in [4.78, 5) is 8.41. The number of nitrogens with one attached hydrogen (secondary N) is 1. The van der Waals surface area contributed by atoms with Gasteiger partial charge in [0.05, 0.1) is 5.75 Å². The van der Waals surface area contributed by atoms with E-state index in [-0.39, 0.29) is 17.3 Å². The summed E-state index contributed by atoms with van der Waals surface area (Å²) < 4.78 is 24.3. The third-order valence-corrected chi connectivity index (χ3v) is 4.35. The number of aryl methyl sites for hydroxylation is 1. The number of nitrogens with two attached hydrogens (primary N) is 1. The van der Waals surface area contributed by atoms with E-state index in [1.165, 1.54) is 18.4 Å². The monoisotopic (exact) mass is 303 g/mol. The van der Waals surface area contributed by atoms with Crippen LogP contribution < -0.4 is 11.1 Å². The van der Waals surface area contributed by atoms with E-state index in [0.717, 1.165) is 0 Å². The van der Waals surface area contributed by atoms with Crippen molar-refractivity contribution in [1.82, 2.24) is 14.3 Å². The second kappa shape index (κ2) is 6.22. The lowest BCUT2D eigenvalue weighted by molar-refractivity contribution is 0.521. The topological polar surface area (TPSA) is 101 Å². The highest BCUT2D eigenvalue weighted by Gasteiger charge is 2.13. The van der Waals surface area contributed by atoms with Crippen LogP contribution in [0.4, 0.5) is 5.95 Å². The van der Waals surface area contributed by atoms with E-state index in [1.54, 1.807) is 13.0 Å². The van der Waals surface area contributed by atoms with Crippen molar-refractivity contribution >= 4 is 33.2 Å². The van der Waals surface area contributed by atoms with Crippen LogP contribution in [0.3, 0.4) is 0 Å². The highest BCUT2D eigenvalue weighted by molar-refractivity contribution is 7.89. The summed E-state index contributed by atoms with van der Waals surface area (Å²) in [7, 11) is -0.261.